The molecule has 0 rings (SSSR count). The summed E-state index contributed by atoms with van der Waals surface area (Å²) in [6.07, 6.45) is 1.23. The molecule has 13 heavy (non-hydrogen) atoms. The van der Waals surface area contributed by atoms with E-state index in [4.69, 9.17) is 19.0 Å². The van der Waals surface area contributed by atoms with Crippen LogP contribution in [0.15, 0.2) is 0 Å². The van der Waals surface area contributed by atoms with E-state index in [1.165, 1.54) is 21.3 Å². The molecule has 0 aliphatic heterocycles. The Morgan fingerprint density at radius 3 is 2.08 bits per heavy atom. The van der Waals surface area contributed by atoms with Crippen LogP contribution in [0.5, 0.6) is 0 Å². The third-order valence-electron chi connectivity index (χ3n) is 1.89. The van der Waals surface area contributed by atoms with Crippen LogP contribution in [-0.4, -0.2) is 42.5 Å². The predicted octanol–water partition coefficient (Wildman–Crippen LogP) is -0.219. The zero-order chi connectivity index (χ0) is 10.3. The van der Waals surface area contributed by atoms with E-state index < -0.39 is 14.8 Å². The molecule has 0 aliphatic carbocycles. The minimum atomic E-state index is -2.54. The fourth-order valence-corrected chi connectivity index (χ4v) is 2.77. The number of hydrogen-bond donors (Lipinski definition) is 1. The summed E-state index contributed by atoms with van der Waals surface area (Å²) in [6, 6.07) is 0.0866. The molecule has 0 spiro atoms. The van der Waals surface area contributed by atoms with Gasteiger partial charge in [0.2, 0.25) is 0 Å². The summed E-state index contributed by atoms with van der Waals surface area (Å²) < 4.78 is 15.5. The lowest BCUT2D eigenvalue weighted by atomic mass is 10.3. The van der Waals surface area contributed by atoms with Gasteiger partial charge in [-0.25, -0.2) is 0 Å². The van der Waals surface area contributed by atoms with Gasteiger partial charge in [-0.15, -0.1) is 0 Å². The zero-order valence-electron chi connectivity index (χ0n) is 8.28. The fourth-order valence-electron chi connectivity index (χ4n) is 0.968. The Labute approximate surface area is 79.5 Å². The molecule has 0 radical (unpaired) electrons. The Hall–Kier alpha value is -0.273. The monoisotopic (exact) mass is 207 g/mol. The van der Waals surface area contributed by atoms with Crippen LogP contribution in [0.3, 0.4) is 0 Å². The number of nitrogens with two attached hydrogens (primary N) is 1. The number of carbonyl (C=O) groups is 1. The van der Waals surface area contributed by atoms with E-state index >= 15 is 0 Å². The van der Waals surface area contributed by atoms with Crippen LogP contribution in [0.25, 0.3) is 0 Å². The summed E-state index contributed by atoms with van der Waals surface area (Å²) in [7, 11) is 2.06. The average molecular weight is 207 g/mol. The molecule has 0 aromatic carbocycles. The standard InChI is InChI=1S/C7H17NO4Si/c1-10-13(11-2,12-3)5-4-7(8)6-9/h6-7H,4-5,8H2,1-3H3. The zero-order valence-corrected chi connectivity index (χ0v) is 9.28. The van der Waals surface area contributed by atoms with E-state index in [2.05, 4.69) is 0 Å². The largest absolute Gasteiger partial charge is 0.500 e. The van der Waals surface area contributed by atoms with Crippen LogP contribution in [0.4, 0.5) is 0 Å². The Balaban J connectivity index is 4.02. The predicted molar refractivity (Wildman–Crippen MR) is 50.2 cm³/mol. The molecule has 0 saturated carbocycles. The van der Waals surface area contributed by atoms with E-state index in [1.54, 1.807) is 0 Å². The maximum absolute atomic E-state index is 10.3. The lowest BCUT2D eigenvalue weighted by Crippen LogP contribution is -2.44. The lowest BCUT2D eigenvalue weighted by molar-refractivity contribution is -0.108. The van der Waals surface area contributed by atoms with Crippen LogP contribution in [0.2, 0.25) is 6.04 Å². The van der Waals surface area contributed by atoms with Gasteiger partial charge in [-0.2, -0.15) is 0 Å². The van der Waals surface area contributed by atoms with Gasteiger partial charge in [0.05, 0.1) is 6.04 Å². The summed E-state index contributed by atoms with van der Waals surface area (Å²) in [6.45, 7) is 0. The SMILES string of the molecule is CO[Si](CCC(N)C=O)(OC)OC. The smallest absolute Gasteiger partial charge is 0.377 e. The van der Waals surface area contributed by atoms with Crippen molar-refractivity contribution in [1.82, 2.24) is 0 Å². The molecule has 5 nitrogen and oxygen atoms in total. The van der Waals surface area contributed by atoms with Gasteiger partial charge in [-0.05, 0) is 6.42 Å². The van der Waals surface area contributed by atoms with Crippen molar-refractivity contribution >= 4 is 15.1 Å². The van der Waals surface area contributed by atoms with Gasteiger partial charge < -0.3 is 23.8 Å². The summed E-state index contributed by atoms with van der Waals surface area (Å²) >= 11 is 0. The Morgan fingerprint density at radius 2 is 1.77 bits per heavy atom. The first-order chi connectivity index (χ1) is 6.14. The summed E-state index contributed by atoms with van der Waals surface area (Å²) in [5.41, 5.74) is 5.43. The van der Waals surface area contributed by atoms with Gasteiger partial charge in [-0.3, -0.25) is 0 Å². The van der Waals surface area contributed by atoms with Crippen molar-refractivity contribution < 1.29 is 18.1 Å². The summed E-state index contributed by atoms with van der Waals surface area (Å²) in [5.74, 6) is 0. The van der Waals surface area contributed by atoms with Gasteiger partial charge in [0.15, 0.2) is 0 Å². The van der Waals surface area contributed by atoms with Crippen molar-refractivity contribution in [1.29, 1.82) is 0 Å². The highest BCUT2D eigenvalue weighted by atomic mass is 28.4. The van der Waals surface area contributed by atoms with E-state index in [1.807, 2.05) is 0 Å². The van der Waals surface area contributed by atoms with Gasteiger partial charge in [0.1, 0.15) is 6.29 Å². The van der Waals surface area contributed by atoms with Crippen molar-refractivity contribution in [3.8, 4) is 0 Å². The van der Waals surface area contributed by atoms with E-state index in [0.717, 1.165) is 0 Å². The highest BCUT2D eigenvalue weighted by Crippen LogP contribution is 2.15. The quantitative estimate of drug-likeness (QED) is 0.461. The van der Waals surface area contributed by atoms with Crippen molar-refractivity contribution in [2.45, 2.75) is 18.5 Å². The molecule has 78 valence electrons. The molecule has 0 heterocycles. The minimum absolute atomic E-state index is 0.465. The second kappa shape index (κ2) is 6.22. The third-order valence-corrected chi connectivity index (χ3v) is 4.66. The second-order valence-electron chi connectivity index (χ2n) is 2.63. The number of hydrogen-bond acceptors (Lipinski definition) is 5. The van der Waals surface area contributed by atoms with Crippen LogP contribution in [0.1, 0.15) is 6.42 Å². The topological polar surface area (TPSA) is 70.8 Å². The summed E-state index contributed by atoms with van der Waals surface area (Å²) in [4.78, 5) is 10.3. The number of rotatable bonds is 7. The molecule has 2 N–H and O–H groups in total. The average Bonchev–Trinajstić information content (AvgIpc) is 2.20. The molecule has 0 saturated heterocycles. The van der Waals surface area contributed by atoms with Crippen LogP contribution in [-0.2, 0) is 18.1 Å². The number of carbonyl (C=O) groups excluding carboxylic acids is 1. The molecule has 1 unspecified atom stereocenters. The molecule has 6 heteroatoms. The van der Waals surface area contributed by atoms with Crippen LogP contribution < -0.4 is 5.73 Å². The molecule has 0 amide bonds. The Morgan fingerprint density at radius 1 is 1.31 bits per heavy atom. The van der Waals surface area contributed by atoms with Gasteiger partial charge >= 0.3 is 8.80 Å². The normalized spacial score (nSPS) is 14.2. The molecule has 0 aliphatic rings. The van der Waals surface area contributed by atoms with E-state index in [0.29, 0.717) is 18.8 Å². The minimum Gasteiger partial charge on any atom is -0.377 e. The highest BCUT2D eigenvalue weighted by molar-refractivity contribution is 6.60. The van der Waals surface area contributed by atoms with Gasteiger partial charge in [0.25, 0.3) is 0 Å². The van der Waals surface area contributed by atoms with Crippen molar-refractivity contribution in [3.63, 3.8) is 0 Å². The molecular weight excluding hydrogens is 190 g/mol. The second-order valence-corrected chi connectivity index (χ2v) is 5.72. The van der Waals surface area contributed by atoms with E-state index in [9.17, 15) is 4.79 Å². The molecule has 0 aromatic rings. The first kappa shape index (κ1) is 12.7. The molecule has 0 bridgehead atoms. The van der Waals surface area contributed by atoms with Crippen LogP contribution >= 0.6 is 0 Å². The maximum atomic E-state index is 10.3. The lowest BCUT2D eigenvalue weighted by Gasteiger charge is -2.24. The van der Waals surface area contributed by atoms with Gasteiger partial charge in [-0.1, -0.05) is 0 Å². The summed E-state index contributed by atoms with van der Waals surface area (Å²) in [5, 5.41) is 0. The van der Waals surface area contributed by atoms with Crippen molar-refractivity contribution in [2.75, 3.05) is 21.3 Å². The number of aldehydes is 1. The fraction of sp³-hybridized carbons (Fsp3) is 0.857. The first-order valence-electron chi connectivity index (χ1n) is 4.00. The first-order valence-corrected chi connectivity index (χ1v) is 5.93. The Kier molecular flexibility index (Phi) is 6.09. The molecular formula is C7H17NO4Si. The third kappa shape index (κ3) is 3.97. The molecule has 0 aromatic heterocycles. The highest BCUT2D eigenvalue weighted by Gasteiger charge is 2.37. The van der Waals surface area contributed by atoms with Crippen molar-refractivity contribution in [2.24, 2.45) is 5.73 Å². The van der Waals surface area contributed by atoms with Crippen molar-refractivity contribution in [3.05, 3.63) is 0 Å². The maximum Gasteiger partial charge on any atom is 0.500 e. The molecule has 0 fully saturated rings. The molecule has 1 atom stereocenters. The van der Waals surface area contributed by atoms with Crippen LogP contribution in [0, 0.1) is 0 Å². The van der Waals surface area contributed by atoms with Gasteiger partial charge in [0, 0.05) is 27.4 Å². The van der Waals surface area contributed by atoms with E-state index in [-0.39, 0.29) is 0 Å². The Bertz CT molecular complexity index is 143.